The van der Waals surface area contributed by atoms with Crippen molar-refractivity contribution in [3.63, 3.8) is 0 Å². The fourth-order valence-corrected chi connectivity index (χ4v) is 4.17. The summed E-state index contributed by atoms with van der Waals surface area (Å²) < 4.78 is 0. The molecule has 2 amide bonds. The van der Waals surface area contributed by atoms with Crippen LogP contribution in [0.4, 0.5) is 22.1 Å². The Kier molecular flexibility index (Phi) is 4.48. The second kappa shape index (κ2) is 7.44. The predicted molar refractivity (Wildman–Crippen MR) is 113 cm³/mol. The average molecular weight is 397 g/mol. The van der Waals surface area contributed by atoms with Crippen molar-refractivity contribution in [3.05, 3.63) is 60.6 Å². The third-order valence-corrected chi connectivity index (χ3v) is 5.53. The number of aromatic nitrogens is 3. The number of pyridine rings is 1. The Morgan fingerprint density at radius 3 is 2.93 bits per heavy atom. The maximum Gasteiger partial charge on any atom is 0.329 e. The van der Waals surface area contributed by atoms with Gasteiger partial charge in [0, 0.05) is 31.0 Å². The lowest BCUT2D eigenvalue weighted by atomic mass is 9.99. The molecule has 1 N–H and O–H groups in total. The number of hydrogen-bond acceptors (Lipinski definition) is 6. The van der Waals surface area contributed by atoms with Crippen LogP contribution in [0.5, 0.6) is 0 Å². The molecular weight excluding hydrogens is 378 g/mol. The molecule has 0 radical (unpaired) electrons. The van der Waals surface area contributed by atoms with Gasteiger partial charge in [-0.1, -0.05) is 18.2 Å². The molecule has 0 unspecified atom stereocenters. The largest absolute Gasteiger partial charge is 0.366 e. The van der Waals surface area contributed by atoms with E-state index in [2.05, 4.69) is 26.3 Å². The maximum absolute atomic E-state index is 13.2. The number of carbonyl (C=O) groups excluding carboxylic acids is 1. The molecule has 4 heterocycles. The molecule has 1 atom stereocenters. The van der Waals surface area contributed by atoms with E-state index in [9.17, 15) is 10.1 Å². The molecule has 1 aromatic carbocycles. The number of amides is 2. The molecule has 8 heteroatoms. The standard InChI is InChI=1S/C22H19N7O/c23-12-15-4-1-2-6-17(15)18-7-8-19-21(26-18)29(16-5-3-11-28(19)14-16)22(30)27-20-13-24-9-10-25-20/h1-2,4,6-10,13,16H,3,5,11,14H2,(H,25,27,30)/t16-/m0/s1. The number of nitrogens with zero attached hydrogens (tertiary/aromatic N) is 6. The van der Waals surface area contributed by atoms with E-state index in [-0.39, 0.29) is 12.1 Å². The monoisotopic (exact) mass is 397 g/mol. The summed E-state index contributed by atoms with van der Waals surface area (Å²) in [4.78, 5) is 30.3. The highest BCUT2D eigenvalue weighted by atomic mass is 16.2. The number of urea groups is 1. The Balaban J connectivity index is 1.58. The van der Waals surface area contributed by atoms with E-state index < -0.39 is 0 Å². The lowest BCUT2D eigenvalue weighted by Crippen LogP contribution is -2.56. The van der Waals surface area contributed by atoms with Gasteiger partial charge in [0.2, 0.25) is 0 Å². The molecule has 2 aromatic heterocycles. The van der Waals surface area contributed by atoms with Gasteiger partial charge in [0.15, 0.2) is 11.6 Å². The number of carbonyl (C=O) groups is 1. The van der Waals surface area contributed by atoms with Gasteiger partial charge < -0.3 is 4.90 Å². The first kappa shape index (κ1) is 18.1. The van der Waals surface area contributed by atoms with Gasteiger partial charge in [0.1, 0.15) is 0 Å². The Morgan fingerprint density at radius 2 is 2.10 bits per heavy atom. The molecule has 5 rings (SSSR count). The van der Waals surface area contributed by atoms with Crippen LogP contribution in [0.1, 0.15) is 18.4 Å². The van der Waals surface area contributed by atoms with Crippen molar-refractivity contribution in [1.82, 2.24) is 15.0 Å². The predicted octanol–water partition coefficient (Wildman–Crippen LogP) is 3.43. The highest BCUT2D eigenvalue weighted by Crippen LogP contribution is 2.39. The number of nitrogens with one attached hydrogen (secondary N) is 1. The van der Waals surface area contributed by atoms with Gasteiger partial charge >= 0.3 is 6.03 Å². The molecule has 2 aliphatic heterocycles. The van der Waals surface area contributed by atoms with Gasteiger partial charge in [-0.25, -0.2) is 14.8 Å². The van der Waals surface area contributed by atoms with Crippen molar-refractivity contribution >= 4 is 23.4 Å². The topological polar surface area (TPSA) is 98.0 Å². The van der Waals surface area contributed by atoms with Crippen molar-refractivity contribution in [1.29, 1.82) is 5.26 Å². The molecule has 0 saturated carbocycles. The van der Waals surface area contributed by atoms with Gasteiger partial charge in [0.05, 0.1) is 35.3 Å². The third-order valence-electron chi connectivity index (χ3n) is 5.53. The highest BCUT2D eigenvalue weighted by Gasteiger charge is 2.38. The minimum Gasteiger partial charge on any atom is -0.366 e. The van der Waals surface area contributed by atoms with Crippen LogP contribution < -0.4 is 15.1 Å². The number of nitriles is 1. The summed E-state index contributed by atoms with van der Waals surface area (Å²) in [6.07, 6.45) is 6.54. The van der Waals surface area contributed by atoms with Gasteiger partial charge in [0.25, 0.3) is 0 Å². The molecule has 0 aliphatic carbocycles. The van der Waals surface area contributed by atoms with E-state index >= 15 is 0 Å². The maximum atomic E-state index is 13.2. The fourth-order valence-electron chi connectivity index (χ4n) is 4.17. The van der Waals surface area contributed by atoms with Crippen LogP contribution >= 0.6 is 0 Å². The van der Waals surface area contributed by atoms with Crippen LogP contribution in [0.2, 0.25) is 0 Å². The van der Waals surface area contributed by atoms with Gasteiger partial charge in [-0.3, -0.25) is 15.2 Å². The highest BCUT2D eigenvalue weighted by molar-refractivity contribution is 6.04. The molecule has 8 nitrogen and oxygen atoms in total. The fraction of sp³-hybridized carbons (Fsp3) is 0.227. The van der Waals surface area contributed by atoms with Crippen LogP contribution in [0, 0.1) is 11.3 Å². The minimum absolute atomic E-state index is 0.0249. The van der Waals surface area contributed by atoms with E-state index in [1.165, 1.54) is 12.4 Å². The second-order valence-electron chi connectivity index (χ2n) is 7.33. The number of rotatable bonds is 2. The van der Waals surface area contributed by atoms with Crippen molar-refractivity contribution in [2.75, 3.05) is 28.2 Å². The summed E-state index contributed by atoms with van der Waals surface area (Å²) in [5, 5.41) is 12.3. The summed E-state index contributed by atoms with van der Waals surface area (Å²) in [5.74, 6) is 1.01. The van der Waals surface area contributed by atoms with E-state index in [1.807, 2.05) is 30.3 Å². The molecule has 1 saturated heterocycles. The van der Waals surface area contributed by atoms with Crippen LogP contribution in [0.3, 0.4) is 0 Å². The number of fused-ring (bicyclic) bond motifs is 4. The zero-order valence-corrected chi connectivity index (χ0v) is 16.2. The molecular formula is C22H19N7O. The van der Waals surface area contributed by atoms with Crippen LogP contribution in [-0.4, -0.2) is 40.1 Å². The Hall–Kier alpha value is -3.99. The van der Waals surface area contributed by atoms with Gasteiger partial charge in [-0.05, 0) is 31.0 Å². The Bertz CT molecular complexity index is 1140. The van der Waals surface area contributed by atoms with Gasteiger partial charge in [-0.2, -0.15) is 5.26 Å². The smallest absolute Gasteiger partial charge is 0.329 e. The molecule has 0 spiro atoms. The lowest BCUT2D eigenvalue weighted by molar-refractivity contribution is 0.252. The molecule has 1 fully saturated rings. The molecule has 3 aromatic rings. The van der Waals surface area contributed by atoms with E-state index in [0.717, 1.165) is 37.2 Å². The first-order chi connectivity index (χ1) is 14.7. The number of anilines is 3. The van der Waals surface area contributed by atoms with E-state index in [4.69, 9.17) is 4.98 Å². The Labute approximate surface area is 173 Å². The molecule has 30 heavy (non-hydrogen) atoms. The second-order valence-corrected chi connectivity index (χ2v) is 7.33. The Morgan fingerprint density at radius 1 is 1.20 bits per heavy atom. The summed E-state index contributed by atoms with van der Waals surface area (Å²) in [6, 6.07) is 13.2. The van der Waals surface area contributed by atoms with Gasteiger partial charge in [-0.15, -0.1) is 0 Å². The van der Waals surface area contributed by atoms with Crippen molar-refractivity contribution in [3.8, 4) is 17.3 Å². The SMILES string of the molecule is N#Cc1ccccc1-c1ccc2c(n1)N(C(=O)Nc1cnccn1)[C@H]1CCCN2C1. The zero-order chi connectivity index (χ0) is 20.5. The van der Waals surface area contributed by atoms with Crippen LogP contribution in [0.15, 0.2) is 55.0 Å². The first-order valence-electron chi connectivity index (χ1n) is 9.86. The molecule has 2 aliphatic rings. The number of benzene rings is 1. The van der Waals surface area contributed by atoms with E-state index in [0.29, 0.717) is 22.9 Å². The van der Waals surface area contributed by atoms with Crippen molar-refractivity contribution in [2.45, 2.75) is 18.9 Å². The summed E-state index contributed by atoms with van der Waals surface area (Å²) >= 11 is 0. The van der Waals surface area contributed by atoms with Crippen molar-refractivity contribution in [2.24, 2.45) is 0 Å². The molecule has 148 valence electrons. The minimum atomic E-state index is -0.276. The summed E-state index contributed by atoms with van der Waals surface area (Å²) in [7, 11) is 0. The number of hydrogen-bond donors (Lipinski definition) is 1. The summed E-state index contributed by atoms with van der Waals surface area (Å²) in [5.41, 5.74) is 2.91. The first-order valence-corrected chi connectivity index (χ1v) is 9.86. The molecule has 2 bridgehead atoms. The quantitative estimate of drug-likeness (QED) is 0.711. The van der Waals surface area contributed by atoms with Crippen LogP contribution in [0.25, 0.3) is 11.3 Å². The third kappa shape index (κ3) is 3.10. The van der Waals surface area contributed by atoms with E-state index in [1.54, 1.807) is 17.2 Å². The zero-order valence-electron chi connectivity index (χ0n) is 16.2. The normalized spacial score (nSPS) is 17.1. The van der Waals surface area contributed by atoms with Crippen molar-refractivity contribution < 1.29 is 4.79 Å². The number of piperidine rings is 1. The average Bonchev–Trinajstić information content (AvgIpc) is 2.79. The summed E-state index contributed by atoms with van der Waals surface area (Å²) in [6.45, 7) is 1.72. The van der Waals surface area contributed by atoms with Crippen LogP contribution in [-0.2, 0) is 0 Å². The lowest BCUT2D eigenvalue weighted by Gasteiger charge is -2.45.